The highest BCUT2D eigenvalue weighted by molar-refractivity contribution is 5.89. The third-order valence-corrected chi connectivity index (χ3v) is 3.85. The summed E-state index contributed by atoms with van der Waals surface area (Å²) in [6.07, 6.45) is -2.91. The zero-order valence-corrected chi connectivity index (χ0v) is 12.0. The smallest absolute Gasteiger partial charge is 0.323 e. The van der Waals surface area contributed by atoms with Gasteiger partial charge in [-0.2, -0.15) is 18.3 Å². The van der Waals surface area contributed by atoms with E-state index in [0.717, 1.165) is 6.42 Å². The Morgan fingerprint density at radius 2 is 1.95 bits per heavy atom. The van der Waals surface area contributed by atoms with Gasteiger partial charge in [-0.3, -0.25) is 10.00 Å². The second-order valence-corrected chi connectivity index (χ2v) is 5.51. The zero-order valence-electron chi connectivity index (χ0n) is 12.0. The van der Waals surface area contributed by atoms with Crippen LogP contribution in [0.4, 0.5) is 23.8 Å². The van der Waals surface area contributed by atoms with Crippen LogP contribution in [-0.2, 0) is 7.05 Å². The van der Waals surface area contributed by atoms with Crippen LogP contribution in [0.25, 0.3) is 0 Å². The molecule has 5 nitrogen and oxygen atoms in total. The Kier molecular flexibility index (Phi) is 4.15. The summed E-state index contributed by atoms with van der Waals surface area (Å²) in [6, 6.07) is 0.748. The molecule has 0 aromatic carbocycles. The Bertz CT molecular complexity index is 518. The van der Waals surface area contributed by atoms with E-state index in [2.05, 4.69) is 15.7 Å². The lowest BCUT2D eigenvalue weighted by molar-refractivity contribution is -0.201. The van der Waals surface area contributed by atoms with Gasteiger partial charge >= 0.3 is 12.2 Å². The Morgan fingerprint density at radius 3 is 2.43 bits per heavy atom. The first-order chi connectivity index (χ1) is 9.73. The molecule has 0 aliphatic heterocycles. The summed E-state index contributed by atoms with van der Waals surface area (Å²) in [7, 11) is 1.61. The highest BCUT2D eigenvalue weighted by atomic mass is 19.4. The fourth-order valence-electron chi connectivity index (χ4n) is 2.73. The van der Waals surface area contributed by atoms with Gasteiger partial charge in [-0.1, -0.05) is 19.3 Å². The van der Waals surface area contributed by atoms with Gasteiger partial charge < -0.3 is 5.32 Å². The number of rotatable bonds is 2. The molecule has 0 atom stereocenters. The molecule has 2 amide bonds. The number of carbonyl (C=O) groups excluding carboxylic acids is 1. The molecule has 0 bridgehead atoms. The van der Waals surface area contributed by atoms with E-state index in [4.69, 9.17) is 0 Å². The van der Waals surface area contributed by atoms with Crippen molar-refractivity contribution in [3.05, 3.63) is 11.8 Å². The van der Waals surface area contributed by atoms with Crippen LogP contribution in [0.15, 0.2) is 6.07 Å². The number of amides is 2. The van der Waals surface area contributed by atoms with Gasteiger partial charge in [-0.05, 0) is 19.8 Å². The van der Waals surface area contributed by atoms with Crippen molar-refractivity contribution >= 4 is 11.8 Å². The summed E-state index contributed by atoms with van der Waals surface area (Å²) in [5.41, 5.74) is -1.45. The number of carbonyl (C=O) groups is 1. The second kappa shape index (κ2) is 5.57. The van der Waals surface area contributed by atoms with E-state index in [1.165, 1.54) is 4.68 Å². The van der Waals surface area contributed by atoms with Gasteiger partial charge in [0.05, 0.1) is 5.69 Å². The summed E-state index contributed by atoms with van der Waals surface area (Å²) in [5, 5.41) is 8.60. The molecule has 8 heteroatoms. The number of hydrogen-bond donors (Lipinski definition) is 2. The van der Waals surface area contributed by atoms with Crippen LogP contribution in [0, 0.1) is 6.92 Å². The Balaban J connectivity index is 2.10. The lowest BCUT2D eigenvalue weighted by Gasteiger charge is -2.39. The quantitative estimate of drug-likeness (QED) is 0.882. The van der Waals surface area contributed by atoms with Crippen LogP contribution < -0.4 is 10.6 Å². The first-order valence-corrected chi connectivity index (χ1v) is 6.90. The predicted molar refractivity (Wildman–Crippen MR) is 72.0 cm³/mol. The molecule has 0 unspecified atom stereocenters. The van der Waals surface area contributed by atoms with Gasteiger partial charge in [0.15, 0.2) is 0 Å². The molecule has 21 heavy (non-hydrogen) atoms. The van der Waals surface area contributed by atoms with E-state index in [-0.39, 0.29) is 12.8 Å². The number of halogens is 3. The minimum Gasteiger partial charge on any atom is -0.323 e. The van der Waals surface area contributed by atoms with Crippen molar-refractivity contribution in [2.24, 2.45) is 7.05 Å². The molecule has 1 aliphatic carbocycles. The number of nitrogens with zero attached hydrogens (tertiary/aromatic N) is 2. The van der Waals surface area contributed by atoms with Gasteiger partial charge in [0.25, 0.3) is 0 Å². The van der Waals surface area contributed by atoms with Crippen LogP contribution >= 0.6 is 0 Å². The van der Waals surface area contributed by atoms with Crippen molar-refractivity contribution < 1.29 is 18.0 Å². The molecule has 118 valence electrons. The molecular weight excluding hydrogens is 285 g/mol. The van der Waals surface area contributed by atoms with Gasteiger partial charge in [-0.25, -0.2) is 4.79 Å². The normalized spacial score (nSPS) is 18.3. The average Bonchev–Trinajstić information content (AvgIpc) is 2.67. The maximum absolute atomic E-state index is 13.3. The maximum Gasteiger partial charge on any atom is 0.411 e. The largest absolute Gasteiger partial charge is 0.411 e. The maximum atomic E-state index is 13.3. The molecule has 1 aromatic rings. The summed E-state index contributed by atoms with van der Waals surface area (Å²) < 4.78 is 41.4. The number of anilines is 1. The van der Waals surface area contributed by atoms with E-state index < -0.39 is 17.7 Å². The number of nitrogens with one attached hydrogen (secondary N) is 2. The monoisotopic (exact) mass is 304 g/mol. The van der Waals surface area contributed by atoms with Crippen molar-refractivity contribution in [3.63, 3.8) is 0 Å². The number of urea groups is 1. The molecule has 0 saturated heterocycles. The van der Waals surface area contributed by atoms with E-state index in [1.54, 1.807) is 20.0 Å². The third kappa shape index (κ3) is 3.30. The van der Waals surface area contributed by atoms with E-state index in [0.29, 0.717) is 24.4 Å². The standard InChI is InChI=1S/C13H19F3N4O/c1-9-8-10(20(2)19-9)17-11(21)18-12(13(14,15)16)6-4-3-5-7-12/h8H,3-7H2,1-2H3,(H2,17,18,21). The molecule has 0 radical (unpaired) electrons. The van der Waals surface area contributed by atoms with Crippen molar-refractivity contribution in [2.45, 2.75) is 50.7 Å². The van der Waals surface area contributed by atoms with Crippen LogP contribution in [0.3, 0.4) is 0 Å². The predicted octanol–water partition coefficient (Wildman–Crippen LogP) is 3.12. The van der Waals surface area contributed by atoms with E-state index in [1.807, 2.05) is 0 Å². The molecule has 2 N–H and O–H groups in total. The van der Waals surface area contributed by atoms with Crippen LogP contribution in [0.2, 0.25) is 0 Å². The fourth-order valence-corrected chi connectivity index (χ4v) is 2.73. The molecule has 0 spiro atoms. The Morgan fingerprint density at radius 1 is 1.33 bits per heavy atom. The van der Waals surface area contributed by atoms with Crippen molar-refractivity contribution in [1.29, 1.82) is 0 Å². The SMILES string of the molecule is Cc1cc(NC(=O)NC2(C(F)(F)F)CCCCC2)n(C)n1. The van der Waals surface area contributed by atoms with Crippen LogP contribution in [-0.4, -0.2) is 27.5 Å². The van der Waals surface area contributed by atoms with Crippen molar-refractivity contribution in [3.8, 4) is 0 Å². The molecule has 1 aliphatic rings. The first kappa shape index (κ1) is 15.7. The summed E-state index contributed by atoms with van der Waals surface area (Å²) in [4.78, 5) is 11.9. The minimum absolute atomic E-state index is 0.0751. The van der Waals surface area contributed by atoms with Crippen LogP contribution in [0.5, 0.6) is 0 Å². The number of aryl methyl sites for hydroxylation is 2. The second-order valence-electron chi connectivity index (χ2n) is 5.51. The summed E-state index contributed by atoms with van der Waals surface area (Å²) in [6.45, 7) is 1.74. The molecule has 2 rings (SSSR count). The van der Waals surface area contributed by atoms with Crippen LogP contribution in [0.1, 0.15) is 37.8 Å². The molecular formula is C13H19F3N4O. The summed E-state index contributed by atoms with van der Waals surface area (Å²) >= 11 is 0. The van der Waals surface area contributed by atoms with Gasteiger partial charge in [0.2, 0.25) is 0 Å². The van der Waals surface area contributed by atoms with Gasteiger partial charge in [0, 0.05) is 13.1 Å². The Hall–Kier alpha value is -1.73. The minimum atomic E-state index is -4.45. The first-order valence-electron chi connectivity index (χ1n) is 6.90. The number of aromatic nitrogens is 2. The van der Waals surface area contributed by atoms with Crippen molar-refractivity contribution in [1.82, 2.24) is 15.1 Å². The summed E-state index contributed by atoms with van der Waals surface area (Å²) in [5.74, 6) is 0.359. The van der Waals surface area contributed by atoms with Gasteiger partial charge in [-0.15, -0.1) is 0 Å². The molecule has 1 saturated carbocycles. The van der Waals surface area contributed by atoms with E-state index in [9.17, 15) is 18.0 Å². The average molecular weight is 304 g/mol. The molecule has 1 heterocycles. The fraction of sp³-hybridized carbons (Fsp3) is 0.692. The highest BCUT2D eigenvalue weighted by Crippen LogP contribution is 2.41. The lowest BCUT2D eigenvalue weighted by Crippen LogP contribution is -2.60. The topological polar surface area (TPSA) is 59.0 Å². The van der Waals surface area contributed by atoms with Gasteiger partial charge in [0.1, 0.15) is 11.4 Å². The molecule has 1 aromatic heterocycles. The zero-order chi connectivity index (χ0) is 15.7. The Labute approximate surface area is 120 Å². The third-order valence-electron chi connectivity index (χ3n) is 3.85. The number of hydrogen-bond acceptors (Lipinski definition) is 2. The number of alkyl halides is 3. The van der Waals surface area contributed by atoms with Crippen molar-refractivity contribution in [2.75, 3.05) is 5.32 Å². The lowest BCUT2D eigenvalue weighted by atomic mass is 9.81. The highest BCUT2D eigenvalue weighted by Gasteiger charge is 2.55. The molecule has 1 fully saturated rings. The van der Waals surface area contributed by atoms with E-state index >= 15 is 0 Å².